The minimum absolute atomic E-state index is 0.746. The fraction of sp³-hybridized carbons (Fsp3) is 0.261. The van der Waals surface area contributed by atoms with Crippen LogP contribution in [0.1, 0.15) is 17.0 Å². The average Bonchev–Trinajstić information content (AvgIpc) is 3.01. The molecule has 0 unspecified atom stereocenters. The summed E-state index contributed by atoms with van der Waals surface area (Å²) in [7, 11) is 0. The maximum absolute atomic E-state index is 6.41. The molecule has 0 amide bonds. The van der Waals surface area contributed by atoms with Crippen LogP contribution in [-0.4, -0.2) is 42.0 Å². The van der Waals surface area contributed by atoms with Gasteiger partial charge in [0.1, 0.15) is 0 Å². The Labute approximate surface area is 182 Å². The highest BCUT2D eigenvalue weighted by Gasteiger charge is 2.16. The van der Waals surface area contributed by atoms with E-state index in [4.69, 9.17) is 28.3 Å². The predicted molar refractivity (Wildman–Crippen MR) is 123 cm³/mol. The van der Waals surface area contributed by atoms with Crippen molar-refractivity contribution in [2.75, 3.05) is 31.1 Å². The van der Waals surface area contributed by atoms with Crippen molar-refractivity contribution in [2.24, 2.45) is 5.10 Å². The molecule has 0 saturated carbocycles. The van der Waals surface area contributed by atoms with Gasteiger partial charge in [0.2, 0.25) is 0 Å². The largest absolute Gasteiger partial charge is 0.368 e. The second-order valence-corrected chi connectivity index (χ2v) is 8.12. The zero-order chi connectivity index (χ0) is 20.4. The zero-order valence-corrected chi connectivity index (χ0v) is 18.2. The Bertz CT molecular complexity index is 1020. The summed E-state index contributed by atoms with van der Waals surface area (Å²) in [6.45, 7) is 7.87. The molecule has 6 heteroatoms. The van der Waals surface area contributed by atoms with Crippen molar-refractivity contribution >= 4 is 35.1 Å². The van der Waals surface area contributed by atoms with E-state index in [1.807, 2.05) is 42.6 Å². The first kappa shape index (κ1) is 19.9. The van der Waals surface area contributed by atoms with Crippen molar-refractivity contribution < 1.29 is 0 Å². The fourth-order valence-corrected chi connectivity index (χ4v) is 4.13. The van der Waals surface area contributed by atoms with Gasteiger partial charge in [-0.05, 0) is 56.3 Å². The minimum Gasteiger partial charge on any atom is -0.368 e. The maximum atomic E-state index is 6.41. The monoisotopic (exact) mass is 426 g/mol. The van der Waals surface area contributed by atoms with Crippen LogP contribution in [0.25, 0.3) is 5.69 Å². The van der Waals surface area contributed by atoms with Gasteiger partial charge in [-0.1, -0.05) is 35.3 Å². The molecule has 29 heavy (non-hydrogen) atoms. The van der Waals surface area contributed by atoms with Gasteiger partial charge in [0, 0.05) is 40.8 Å². The summed E-state index contributed by atoms with van der Waals surface area (Å²) < 4.78 is 2.18. The summed E-state index contributed by atoms with van der Waals surface area (Å²) in [5.41, 5.74) is 5.60. The first-order valence-corrected chi connectivity index (χ1v) is 10.5. The third kappa shape index (κ3) is 4.29. The van der Waals surface area contributed by atoms with Gasteiger partial charge in [-0.2, -0.15) is 5.10 Å². The van der Waals surface area contributed by atoms with Crippen LogP contribution in [0.2, 0.25) is 10.0 Å². The van der Waals surface area contributed by atoms with E-state index < -0.39 is 0 Å². The van der Waals surface area contributed by atoms with Gasteiger partial charge in [0.25, 0.3) is 0 Å². The second-order valence-electron chi connectivity index (χ2n) is 7.27. The van der Waals surface area contributed by atoms with Crippen LogP contribution in [0.3, 0.4) is 0 Å². The molecule has 0 radical (unpaired) electrons. The highest BCUT2D eigenvalue weighted by Crippen LogP contribution is 2.26. The Hall–Kier alpha value is -2.43. The van der Waals surface area contributed by atoms with E-state index in [0.717, 1.165) is 58.9 Å². The van der Waals surface area contributed by atoms with Crippen molar-refractivity contribution in [3.63, 3.8) is 0 Å². The maximum Gasteiger partial charge on any atom is 0.0646 e. The van der Waals surface area contributed by atoms with Crippen LogP contribution in [-0.2, 0) is 0 Å². The van der Waals surface area contributed by atoms with Crippen LogP contribution in [0.15, 0.2) is 59.7 Å². The quantitative estimate of drug-likeness (QED) is 0.510. The molecule has 1 aromatic heterocycles. The molecule has 2 aromatic carbocycles. The number of anilines is 1. The number of piperazine rings is 1. The van der Waals surface area contributed by atoms with Gasteiger partial charge in [0.05, 0.1) is 30.0 Å². The summed E-state index contributed by atoms with van der Waals surface area (Å²) >= 11 is 12.4. The van der Waals surface area contributed by atoms with Crippen molar-refractivity contribution in [1.82, 2.24) is 9.58 Å². The number of nitrogens with zero attached hydrogens (tertiary/aromatic N) is 4. The van der Waals surface area contributed by atoms with Gasteiger partial charge in [-0.3, -0.25) is 5.01 Å². The van der Waals surface area contributed by atoms with Crippen LogP contribution in [0.4, 0.5) is 5.69 Å². The lowest BCUT2D eigenvalue weighted by Gasteiger charge is -2.34. The first-order chi connectivity index (χ1) is 14.0. The summed E-state index contributed by atoms with van der Waals surface area (Å²) in [6.07, 6.45) is 1.97. The van der Waals surface area contributed by atoms with Crippen molar-refractivity contribution in [1.29, 1.82) is 0 Å². The average molecular weight is 427 g/mol. The van der Waals surface area contributed by atoms with E-state index in [1.54, 1.807) is 0 Å². The summed E-state index contributed by atoms with van der Waals surface area (Å²) in [5, 5.41) is 8.39. The Morgan fingerprint density at radius 2 is 1.59 bits per heavy atom. The fourth-order valence-electron chi connectivity index (χ4n) is 3.79. The Morgan fingerprint density at radius 1 is 0.897 bits per heavy atom. The lowest BCUT2D eigenvalue weighted by molar-refractivity contribution is 0.272. The normalized spacial score (nSPS) is 14.8. The summed E-state index contributed by atoms with van der Waals surface area (Å²) in [4.78, 5) is 2.37. The molecular weight excluding hydrogens is 403 g/mol. The number of aromatic nitrogens is 1. The molecule has 1 aliphatic rings. The number of benzene rings is 2. The van der Waals surface area contributed by atoms with Gasteiger partial charge in [-0.15, -0.1) is 0 Å². The molecular formula is C23H24Cl2N4. The molecule has 1 saturated heterocycles. The lowest BCUT2D eigenvalue weighted by Crippen LogP contribution is -2.44. The topological polar surface area (TPSA) is 23.8 Å². The van der Waals surface area contributed by atoms with Crippen molar-refractivity contribution in [3.05, 3.63) is 81.6 Å². The summed E-state index contributed by atoms with van der Waals surface area (Å²) in [5.74, 6) is 0. The SMILES string of the molecule is Cc1cc(/C=N/N2CCN(c3ccc(Cl)cc3)CC2)c(C)n1-c1ccccc1Cl. The van der Waals surface area contributed by atoms with Crippen molar-refractivity contribution in [3.8, 4) is 5.69 Å². The molecule has 0 aliphatic carbocycles. The van der Waals surface area contributed by atoms with E-state index >= 15 is 0 Å². The molecule has 1 aliphatic heterocycles. The smallest absolute Gasteiger partial charge is 0.0646 e. The summed E-state index contributed by atoms with van der Waals surface area (Å²) in [6, 6.07) is 18.1. The zero-order valence-electron chi connectivity index (χ0n) is 16.6. The van der Waals surface area contributed by atoms with Gasteiger partial charge < -0.3 is 9.47 Å². The predicted octanol–water partition coefficient (Wildman–Crippen LogP) is 5.56. The molecule has 3 aromatic rings. The third-order valence-corrected chi connectivity index (χ3v) is 5.94. The first-order valence-electron chi connectivity index (χ1n) is 9.76. The number of rotatable bonds is 4. The van der Waals surface area contributed by atoms with E-state index in [1.165, 1.54) is 5.69 Å². The molecule has 1 fully saturated rings. The van der Waals surface area contributed by atoms with E-state index in [-0.39, 0.29) is 0 Å². The number of hydrogen-bond donors (Lipinski definition) is 0. The standard InChI is InChI=1S/C23H24Cl2N4/c1-17-15-19(18(2)29(17)23-6-4-3-5-22(23)25)16-26-28-13-11-27(12-14-28)21-9-7-20(24)8-10-21/h3-10,15-16H,11-14H2,1-2H3/b26-16+. The molecule has 150 valence electrons. The highest BCUT2D eigenvalue weighted by atomic mass is 35.5. The molecule has 2 heterocycles. The lowest BCUT2D eigenvalue weighted by atomic mass is 10.2. The van der Waals surface area contributed by atoms with Gasteiger partial charge in [-0.25, -0.2) is 0 Å². The number of halogens is 2. The Kier molecular flexibility index (Phi) is 5.84. The minimum atomic E-state index is 0.746. The molecule has 4 nitrogen and oxygen atoms in total. The van der Waals surface area contributed by atoms with Crippen LogP contribution in [0, 0.1) is 13.8 Å². The Balaban J connectivity index is 1.45. The van der Waals surface area contributed by atoms with E-state index in [2.05, 4.69) is 46.5 Å². The van der Waals surface area contributed by atoms with Crippen LogP contribution >= 0.6 is 23.2 Å². The van der Waals surface area contributed by atoms with Crippen molar-refractivity contribution in [2.45, 2.75) is 13.8 Å². The molecule has 0 atom stereocenters. The molecule has 0 bridgehead atoms. The number of hydrazone groups is 1. The highest BCUT2D eigenvalue weighted by molar-refractivity contribution is 6.32. The molecule has 0 spiro atoms. The van der Waals surface area contributed by atoms with Crippen LogP contribution < -0.4 is 4.90 Å². The van der Waals surface area contributed by atoms with E-state index in [0.29, 0.717) is 0 Å². The van der Waals surface area contributed by atoms with Gasteiger partial charge >= 0.3 is 0 Å². The second kappa shape index (κ2) is 8.52. The number of hydrogen-bond acceptors (Lipinski definition) is 3. The molecule has 0 N–H and O–H groups in total. The Morgan fingerprint density at radius 3 is 2.28 bits per heavy atom. The van der Waals surface area contributed by atoms with Gasteiger partial charge in [0.15, 0.2) is 0 Å². The number of para-hydroxylation sites is 1. The van der Waals surface area contributed by atoms with E-state index in [9.17, 15) is 0 Å². The number of aryl methyl sites for hydroxylation is 1. The molecule has 4 rings (SSSR count). The third-order valence-electron chi connectivity index (χ3n) is 5.37. The van der Waals surface area contributed by atoms with Crippen LogP contribution in [0.5, 0.6) is 0 Å².